The maximum absolute atomic E-state index is 6.18. The summed E-state index contributed by atoms with van der Waals surface area (Å²) in [4.78, 5) is 0. The van der Waals surface area contributed by atoms with E-state index in [0.717, 1.165) is 29.7 Å². The summed E-state index contributed by atoms with van der Waals surface area (Å²) in [6.07, 6.45) is 1.64. The first-order valence-electron chi connectivity index (χ1n) is 5.72. The van der Waals surface area contributed by atoms with Crippen molar-refractivity contribution in [3.8, 4) is 11.5 Å². The quantitative estimate of drug-likeness (QED) is 0.882. The monoisotopic (exact) mass is 257 g/mol. The van der Waals surface area contributed by atoms with Gasteiger partial charge in [-0.15, -0.1) is 0 Å². The third-order valence-electron chi connectivity index (χ3n) is 2.69. The molecule has 1 rings (SSSR count). The van der Waals surface area contributed by atoms with E-state index in [0.29, 0.717) is 10.8 Å². The minimum absolute atomic E-state index is 0.0921. The van der Waals surface area contributed by atoms with Crippen LogP contribution < -0.4 is 15.2 Å². The van der Waals surface area contributed by atoms with Gasteiger partial charge in [0.25, 0.3) is 0 Å². The van der Waals surface area contributed by atoms with Crippen molar-refractivity contribution in [1.82, 2.24) is 0 Å². The molecule has 17 heavy (non-hydrogen) atoms. The number of rotatable bonds is 5. The fourth-order valence-corrected chi connectivity index (χ4v) is 2.31. The Kier molecular flexibility index (Phi) is 5.09. The predicted octanol–water partition coefficient (Wildman–Crippen LogP) is 2.81. The lowest BCUT2D eigenvalue weighted by atomic mass is 9.98. The maximum atomic E-state index is 6.18. The van der Waals surface area contributed by atoms with Crippen molar-refractivity contribution < 1.29 is 9.47 Å². The second-order valence-electron chi connectivity index (χ2n) is 4.10. The molecule has 1 aromatic rings. The van der Waals surface area contributed by atoms with E-state index in [1.807, 2.05) is 13.0 Å². The van der Waals surface area contributed by atoms with E-state index >= 15 is 0 Å². The van der Waals surface area contributed by atoms with Crippen LogP contribution >= 0.6 is 11.6 Å². The number of benzene rings is 1. The molecule has 0 heterocycles. The van der Waals surface area contributed by atoms with Crippen molar-refractivity contribution in [3.05, 3.63) is 22.2 Å². The lowest BCUT2D eigenvalue weighted by Crippen LogP contribution is -2.19. The van der Waals surface area contributed by atoms with E-state index in [9.17, 15) is 0 Å². The van der Waals surface area contributed by atoms with Gasteiger partial charge in [0.1, 0.15) is 0 Å². The number of hydrogen-bond acceptors (Lipinski definition) is 3. The first kappa shape index (κ1) is 14.1. The first-order valence-corrected chi connectivity index (χ1v) is 6.10. The van der Waals surface area contributed by atoms with Crippen LogP contribution in [0.3, 0.4) is 0 Å². The normalized spacial score (nSPS) is 12.4. The molecule has 0 spiro atoms. The predicted molar refractivity (Wildman–Crippen MR) is 71.3 cm³/mol. The van der Waals surface area contributed by atoms with Crippen molar-refractivity contribution >= 4 is 11.6 Å². The van der Waals surface area contributed by atoms with Gasteiger partial charge in [-0.3, -0.25) is 0 Å². The lowest BCUT2D eigenvalue weighted by molar-refractivity contribution is 0.351. The lowest BCUT2D eigenvalue weighted by Gasteiger charge is -2.18. The molecule has 0 aromatic heterocycles. The topological polar surface area (TPSA) is 44.5 Å². The van der Waals surface area contributed by atoms with Gasteiger partial charge >= 0.3 is 0 Å². The standard InChI is InChI=1S/C13H20ClNO2/c1-5-10-9(6-8(2)15)7-11(14)13(17-4)12(10)16-3/h7-8H,5-6,15H2,1-4H3. The Hall–Kier alpha value is -0.930. The van der Waals surface area contributed by atoms with Gasteiger partial charge in [0.15, 0.2) is 11.5 Å². The van der Waals surface area contributed by atoms with E-state index in [2.05, 4.69) is 6.92 Å². The number of hydrogen-bond donors (Lipinski definition) is 1. The molecule has 4 heteroatoms. The average molecular weight is 258 g/mol. The zero-order chi connectivity index (χ0) is 13.0. The van der Waals surface area contributed by atoms with E-state index < -0.39 is 0 Å². The van der Waals surface area contributed by atoms with Crippen molar-refractivity contribution in [2.45, 2.75) is 32.7 Å². The van der Waals surface area contributed by atoms with Gasteiger partial charge in [-0.25, -0.2) is 0 Å². The molecule has 1 atom stereocenters. The first-order chi connectivity index (χ1) is 8.04. The number of halogens is 1. The van der Waals surface area contributed by atoms with Crippen LogP contribution in [0.2, 0.25) is 5.02 Å². The van der Waals surface area contributed by atoms with Crippen LogP contribution in [0.5, 0.6) is 11.5 Å². The summed E-state index contributed by atoms with van der Waals surface area (Å²) in [7, 11) is 3.22. The highest BCUT2D eigenvalue weighted by Gasteiger charge is 2.18. The van der Waals surface area contributed by atoms with E-state index in [4.69, 9.17) is 26.8 Å². The third-order valence-corrected chi connectivity index (χ3v) is 2.97. The fraction of sp³-hybridized carbons (Fsp3) is 0.538. The molecule has 0 aliphatic rings. The van der Waals surface area contributed by atoms with Gasteiger partial charge in [-0.05, 0) is 31.4 Å². The van der Waals surface area contributed by atoms with Gasteiger partial charge in [0.05, 0.1) is 19.2 Å². The van der Waals surface area contributed by atoms with Gasteiger partial charge in [-0.1, -0.05) is 18.5 Å². The molecular formula is C13H20ClNO2. The van der Waals surface area contributed by atoms with Gasteiger partial charge in [-0.2, -0.15) is 0 Å². The zero-order valence-electron chi connectivity index (χ0n) is 10.8. The molecule has 0 aliphatic carbocycles. The Morgan fingerprint density at radius 2 is 1.88 bits per heavy atom. The van der Waals surface area contributed by atoms with Crippen LogP contribution in [0.25, 0.3) is 0 Å². The smallest absolute Gasteiger partial charge is 0.179 e. The molecule has 0 saturated heterocycles. The minimum atomic E-state index is 0.0921. The molecule has 3 nitrogen and oxygen atoms in total. The molecule has 1 aromatic carbocycles. The molecule has 1 unspecified atom stereocenters. The summed E-state index contributed by atoms with van der Waals surface area (Å²) in [5, 5.41) is 0.567. The van der Waals surface area contributed by atoms with Crippen molar-refractivity contribution in [2.75, 3.05) is 14.2 Å². The molecule has 0 aliphatic heterocycles. The van der Waals surface area contributed by atoms with Crippen LogP contribution in [-0.4, -0.2) is 20.3 Å². The van der Waals surface area contributed by atoms with Crippen LogP contribution in [-0.2, 0) is 12.8 Å². The molecule has 0 amide bonds. The van der Waals surface area contributed by atoms with E-state index in [1.54, 1.807) is 14.2 Å². The zero-order valence-corrected chi connectivity index (χ0v) is 11.6. The molecule has 2 N–H and O–H groups in total. The number of nitrogens with two attached hydrogens (primary N) is 1. The highest BCUT2D eigenvalue weighted by Crippen LogP contribution is 2.40. The average Bonchev–Trinajstić information content (AvgIpc) is 2.27. The Balaban J connectivity index is 3.36. The molecule has 0 saturated carbocycles. The van der Waals surface area contributed by atoms with Gasteiger partial charge in [0.2, 0.25) is 0 Å². The largest absolute Gasteiger partial charge is 0.493 e. The number of methoxy groups -OCH3 is 2. The van der Waals surface area contributed by atoms with Crippen molar-refractivity contribution in [1.29, 1.82) is 0 Å². The Morgan fingerprint density at radius 1 is 1.29 bits per heavy atom. The molecular weight excluding hydrogens is 238 g/mol. The summed E-state index contributed by atoms with van der Waals surface area (Å²) in [6.45, 7) is 4.06. The summed E-state index contributed by atoms with van der Waals surface area (Å²) in [5.41, 5.74) is 8.09. The highest BCUT2D eigenvalue weighted by molar-refractivity contribution is 6.32. The molecule has 0 radical (unpaired) electrons. The fourth-order valence-electron chi connectivity index (χ4n) is 2.02. The summed E-state index contributed by atoms with van der Waals surface area (Å²) in [5.74, 6) is 1.32. The highest BCUT2D eigenvalue weighted by atomic mass is 35.5. The summed E-state index contributed by atoms with van der Waals surface area (Å²) in [6, 6.07) is 2.01. The Morgan fingerprint density at radius 3 is 2.29 bits per heavy atom. The number of ether oxygens (including phenoxy) is 2. The second kappa shape index (κ2) is 6.12. The maximum Gasteiger partial charge on any atom is 0.179 e. The van der Waals surface area contributed by atoms with Crippen molar-refractivity contribution in [2.24, 2.45) is 5.73 Å². The van der Waals surface area contributed by atoms with Gasteiger partial charge < -0.3 is 15.2 Å². The Bertz CT molecular complexity index is 391. The Labute approximate surface area is 108 Å². The molecule has 96 valence electrons. The van der Waals surface area contributed by atoms with Crippen molar-refractivity contribution in [3.63, 3.8) is 0 Å². The third kappa shape index (κ3) is 3.05. The summed E-state index contributed by atoms with van der Waals surface area (Å²) < 4.78 is 10.7. The minimum Gasteiger partial charge on any atom is -0.493 e. The van der Waals surface area contributed by atoms with Crippen LogP contribution in [0, 0.1) is 0 Å². The molecule has 0 fully saturated rings. The van der Waals surface area contributed by atoms with E-state index in [1.165, 1.54) is 0 Å². The summed E-state index contributed by atoms with van der Waals surface area (Å²) >= 11 is 6.18. The van der Waals surface area contributed by atoms with Gasteiger partial charge in [0, 0.05) is 11.6 Å². The SMILES string of the molecule is CCc1c(CC(C)N)cc(Cl)c(OC)c1OC. The van der Waals surface area contributed by atoms with Crippen LogP contribution in [0.4, 0.5) is 0 Å². The van der Waals surface area contributed by atoms with Crippen LogP contribution in [0.15, 0.2) is 6.07 Å². The van der Waals surface area contributed by atoms with Crippen LogP contribution in [0.1, 0.15) is 25.0 Å². The van der Waals surface area contributed by atoms with E-state index in [-0.39, 0.29) is 6.04 Å². The molecule has 0 bridgehead atoms. The second-order valence-corrected chi connectivity index (χ2v) is 4.50.